The molecule has 6 heteroatoms. The first-order valence-corrected chi connectivity index (χ1v) is 5.84. The average Bonchev–Trinajstić information content (AvgIpc) is 2.38. The third kappa shape index (κ3) is 1.74. The Morgan fingerprint density at radius 1 is 1.00 bits per heavy atom. The smallest absolute Gasteiger partial charge is 0.333 e. The van der Waals surface area contributed by atoms with E-state index in [9.17, 15) is 19.8 Å². The second-order valence-corrected chi connectivity index (χ2v) is 4.29. The van der Waals surface area contributed by atoms with Crippen LogP contribution in [0, 0.1) is 0 Å². The highest BCUT2D eigenvalue weighted by Crippen LogP contribution is 2.19. The Hall–Kier alpha value is -3.02. The normalized spacial score (nSPS) is 10.8. The van der Waals surface area contributed by atoms with Crippen LogP contribution < -0.4 is 11.2 Å². The highest BCUT2D eigenvalue weighted by Gasteiger charge is 2.12. The zero-order valence-corrected chi connectivity index (χ0v) is 10.2. The van der Waals surface area contributed by atoms with E-state index < -0.39 is 11.2 Å². The van der Waals surface area contributed by atoms with Crippen molar-refractivity contribution in [2.45, 2.75) is 0 Å². The van der Waals surface area contributed by atoms with Gasteiger partial charge in [0, 0.05) is 6.07 Å². The summed E-state index contributed by atoms with van der Waals surface area (Å²) in [5.74, 6) is -0.274. The predicted molar refractivity (Wildman–Crippen MR) is 73.5 cm³/mol. The molecule has 0 amide bonds. The van der Waals surface area contributed by atoms with Gasteiger partial charge in [-0.25, -0.2) is 9.36 Å². The largest absolute Gasteiger partial charge is 0.508 e. The van der Waals surface area contributed by atoms with Crippen molar-refractivity contribution in [1.29, 1.82) is 0 Å². The Morgan fingerprint density at radius 3 is 2.50 bits per heavy atom. The molecule has 20 heavy (non-hydrogen) atoms. The van der Waals surface area contributed by atoms with E-state index in [1.165, 1.54) is 42.5 Å². The minimum Gasteiger partial charge on any atom is -0.508 e. The van der Waals surface area contributed by atoms with Crippen molar-refractivity contribution in [2.24, 2.45) is 0 Å². The molecule has 0 aliphatic rings. The molecule has 3 aromatic rings. The molecule has 0 radical (unpaired) electrons. The molecule has 0 bridgehead atoms. The van der Waals surface area contributed by atoms with Crippen molar-refractivity contribution >= 4 is 10.9 Å². The molecule has 0 saturated heterocycles. The van der Waals surface area contributed by atoms with Crippen LogP contribution in [0.15, 0.2) is 52.1 Å². The van der Waals surface area contributed by atoms with E-state index in [0.717, 1.165) is 4.57 Å². The van der Waals surface area contributed by atoms with E-state index in [2.05, 4.69) is 4.98 Å². The summed E-state index contributed by atoms with van der Waals surface area (Å²) >= 11 is 0. The van der Waals surface area contributed by atoms with Crippen molar-refractivity contribution in [2.75, 3.05) is 0 Å². The fourth-order valence-electron chi connectivity index (χ4n) is 2.11. The molecule has 0 saturated carbocycles. The van der Waals surface area contributed by atoms with Crippen molar-refractivity contribution in [3.05, 3.63) is 63.3 Å². The number of benzene rings is 2. The van der Waals surface area contributed by atoms with Gasteiger partial charge in [0.25, 0.3) is 5.56 Å². The lowest BCUT2D eigenvalue weighted by Gasteiger charge is -2.07. The molecule has 3 N–H and O–H groups in total. The summed E-state index contributed by atoms with van der Waals surface area (Å²) in [5, 5.41) is 19.3. The topological polar surface area (TPSA) is 95.3 Å². The summed E-state index contributed by atoms with van der Waals surface area (Å²) in [7, 11) is 0. The molecule has 0 unspecified atom stereocenters. The number of hydrogen-bond acceptors (Lipinski definition) is 4. The second kappa shape index (κ2) is 4.27. The number of rotatable bonds is 1. The summed E-state index contributed by atoms with van der Waals surface area (Å²) in [4.78, 5) is 26.9. The molecule has 0 aliphatic heterocycles. The number of nitrogens with zero attached hydrogens (tertiary/aromatic N) is 1. The summed E-state index contributed by atoms with van der Waals surface area (Å²) in [5.41, 5.74) is -0.802. The molecule has 2 aromatic carbocycles. The molecule has 3 rings (SSSR count). The third-order valence-electron chi connectivity index (χ3n) is 2.99. The molecule has 0 spiro atoms. The average molecular weight is 270 g/mol. The van der Waals surface area contributed by atoms with Gasteiger partial charge in [0.2, 0.25) is 0 Å². The number of phenolic OH excluding ortho intramolecular Hbond substituents is 2. The Kier molecular flexibility index (Phi) is 2.57. The maximum Gasteiger partial charge on any atom is 0.333 e. The quantitative estimate of drug-likeness (QED) is 0.616. The number of H-pyrrole nitrogens is 1. The molecule has 6 nitrogen and oxygen atoms in total. The minimum absolute atomic E-state index is 0.0236. The molecule has 100 valence electrons. The Bertz CT molecular complexity index is 924. The van der Waals surface area contributed by atoms with E-state index in [1.54, 1.807) is 0 Å². The van der Waals surface area contributed by atoms with Crippen LogP contribution in [-0.4, -0.2) is 19.8 Å². The summed E-state index contributed by atoms with van der Waals surface area (Å²) < 4.78 is 0.863. The van der Waals surface area contributed by atoms with E-state index in [-0.39, 0.29) is 28.1 Å². The number of hydrogen-bond donors (Lipinski definition) is 3. The van der Waals surface area contributed by atoms with Crippen LogP contribution in [0.2, 0.25) is 0 Å². The van der Waals surface area contributed by atoms with Gasteiger partial charge in [0.1, 0.15) is 16.9 Å². The van der Waals surface area contributed by atoms with Gasteiger partial charge in [-0.2, -0.15) is 0 Å². The van der Waals surface area contributed by atoms with Gasteiger partial charge >= 0.3 is 5.69 Å². The molecular formula is C14H10N2O4. The van der Waals surface area contributed by atoms with Crippen molar-refractivity contribution in [3.63, 3.8) is 0 Å². The number of aromatic hydroxyl groups is 2. The molecule has 1 heterocycles. The lowest BCUT2D eigenvalue weighted by Crippen LogP contribution is -2.33. The van der Waals surface area contributed by atoms with E-state index in [4.69, 9.17) is 0 Å². The highest BCUT2D eigenvalue weighted by molar-refractivity contribution is 5.83. The number of nitrogens with one attached hydrogen (secondary N) is 1. The first-order chi connectivity index (χ1) is 9.58. The number of phenols is 2. The zero-order chi connectivity index (χ0) is 14.3. The van der Waals surface area contributed by atoms with E-state index >= 15 is 0 Å². The summed E-state index contributed by atoms with van der Waals surface area (Å²) in [6.45, 7) is 0. The maximum atomic E-state index is 12.4. The van der Waals surface area contributed by atoms with Gasteiger partial charge in [-0.3, -0.25) is 4.79 Å². The fourth-order valence-corrected chi connectivity index (χ4v) is 2.11. The van der Waals surface area contributed by atoms with E-state index in [1.807, 2.05) is 0 Å². The Labute approximate surface area is 112 Å². The molecule has 0 fully saturated rings. The van der Waals surface area contributed by atoms with Crippen LogP contribution in [-0.2, 0) is 0 Å². The van der Waals surface area contributed by atoms with E-state index in [0.29, 0.717) is 0 Å². The standard InChI is InChI=1S/C14H10N2O4/c17-9-4-1-3-8(7-9)16-13(19)12-10(15-14(16)20)5-2-6-11(12)18/h1-7,17-18H,(H,15,20). The van der Waals surface area contributed by atoms with Crippen molar-refractivity contribution in [3.8, 4) is 17.2 Å². The Balaban J connectivity index is 2.46. The predicted octanol–water partition coefficient (Wildman–Crippen LogP) is 1.09. The zero-order valence-electron chi connectivity index (χ0n) is 10.2. The summed E-state index contributed by atoms with van der Waals surface area (Å²) in [6.07, 6.45) is 0. The number of aromatic amines is 1. The number of aromatic nitrogens is 2. The van der Waals surface area contributed by atoms with Crippen LogP contribution in [0.4, 0.5) is 0 Å². The number of fused-ring (bicyclic) bond motifs is 1. The lowest BCUT2D eigenvalue weighted by atomic mass is 10.2. The SMILES string of the molecule is O=c1[nH]c2cccc(O)c2c(=O)n1-c1cccc(O)c1. The van der Waals surface area contributed by atoms with Gasteiger partial charge in [-0.1, -0.05) is 12.1 Å². The molecular weight excluding hydrogens is 260 g/mol. The first kappa shape index (κ1) is 12.0. The molecule has 0 atom stereocenters. The van der Waals surface area contributed by atoms with Crippen LogP contribution >= 0.6 is 0 Å². The van der Waals surface area contributed by atoms with Crippen LogP contribution in [0.3, 0.4) is 0 Å². The van der Waals surface area contributed by atoms with Gasteiger partial charge < -0.3 is 15.2 Å². The lowest BCUT2D eigenvalue weighted by molar-refractivity contribution is 0.475. The third-order valence-corrected chi connectivity index (χ3v) is 2.99. The van der Waals surface area contributed by atoms with Gasteiger partial charge in [0.05, 0.1) is 11.2 Å². The fraction of sp³-hybridized carbons (Fsp3) is 0. The summed E-state index contributed by atoms with van der Waals surface area (Å²) in [6, 6.07) is 10.2. The van der Waals surface area contributed by atoms with Crippen LogP contribution in [0.5, 0.6) is 11.5 Å². The van der Waals surface area contributed by atoms with Crippen LogP contribution in [0.1, 0.15) is 0 Å². The molecule has 0 aliphatic carbocycles. The van der Waals surface area contributed by atoms with Crippen molar-refractivity contribution in [1.82, 2.24) is 9.55 Å². The van der Waals surface area contributed by atoms with Gasteiger partial charge in [0.15, 0.2) is 0 Å². The van der Waals surface area contributed by atoms with Gasteiger partial charge in [-0.15, -0.1) is 0 Å². The second-order valence-electron chi connectivity index (χ2n) is 4.29. The van der Waals surface area contributed by atoms with Crippen LogP contribution in [0.25, 0.3) is 16.6 Å². The minimum atomic E-state index is -0.646. The van der Waals surface area contributed by atoms with Gasteiger partial charge in [-0.05, 0) is 24.3 Å². The van der Waals surface area contributed by atoms with Crippen molar-refractivity contribution < 1.29 is 10.2 Å². The first-order valence-electron chi connectivity index (χ1n) is 5.84. The maximum absolute atomic E-state index is 12.4. The monoisotopic (exact) mass is 270 g/mol. The highest BCUT2D eigenvalue weighted by atomic mass is 16.3. The molecule has 1 aromatic heterocycles. The Morgan fingerprint density at radius 2 is 1.75 bits per heavy atom.